The molecule has 0 amide bonds. The van der Waals surface area contributed by atoms with Crippen molar-refractivity contribution in [2.75, 3.05) is 21.3 Å². The van der Waals surface area contributed by atoms with E-state index in [9.17, 15) is 19.5 Å². The Morgan fingerprint density at radius 1 is 1.03 bits per heavy atom. The van der Waals surface area contributed by atoms with Gasteiger partial charge in [0.2, 0.25) is 0 Å². The second-order valence-electron chi connectivity index (χ2n) is 10.0. The number of fused-ring (bicyclic) bond motifs is 3. The highest BCUT2D eigenvalue weighted by Crippen LogP contribution is 2.75. The van der Waals surface area contributed by atoms with Gasteiger partial charge in [0.1, 0.15) is 0 Å². The van der Waals surface area contributed by atoms with E-state index in [-0.39, 0.29) is 29.7 Å². The first-order valence-corrected chi connectivity index (χ1v) is 10.7. The Kier molecular flexibility index (Phi) is 4.84. The van der Waals surface area contributed by atoms with Gasteiger partial charge in [0, 0.05) is 0 Å². The number of aliphatic hydroxyl groups is 1. The molecular weight excluding hydrogens is 388 g/mol. The summed E-state index contributed by atoms with van der Waals surface area (Å²) >= 11 is 0. The average Bonchev–Trinajstić information content (AvgIpc) is 3.13. The normalized spacial score (nSPS) is 46.6. The maximum Gasteiger partial charge on any atom is 0.311 e. The smallest absolute Gasteiger partial charge is 0.311 e. The van der Waals surface area contributed by atoms with Crippen LogP contribution in [0.5, 0.6) is 0 Å². The molecule has 0 aliphatic heterocycles. The molecule has 4 saturated carbocycles. The van der Waals surface area contributed by atoms with Crippen LogP contribution in [0.2, 0.25) is 0 Å². The van der Waals surface area contributed by atoms with E-state index >= 15 is 0 Å². The van der Waals surface area contributed by atoms with E-state index in [1.165, 1.54) is 21.3 Å². The van der Waals surface area contributed by atoms with E-state index in [0.29, 0.717) is 38.5 Å². The molecule has 30 heavy (non-hydrogen) atoms. The number of rotatable bonds is 3. The minimum atomic E-state index is -1.00. The number of hydrogen-bond donors (Lipinski definition) is 1. The fourth-order valence-electron chi connectivity index (χ4n) is 7.90. The lowest BCUT2D eigenvalue weighted by molar-refractivity contribution is -0.173. The zero-order valence-corrected chi connectivity index (χ0v) is 18.2. The molecule has 7 heteroatoms. The second kappa shape index (κ2) is 6.81. The topological polar surface area (TPSA) is 99.1 Å². The van der Waals surface area contributed by atoms with Gasteiger partial charge in [0.25, 0.3) is 0 Å². The highest BCUT2D eigenvalue weighted by Gasteiger charge is 2.75. The Morgan fingerprint density at radius 2 is 1.70 bits per heavy atom. The van der Waals surface area contributed by atoms with Crippen LogP contribution in [0, 0.1) is 40.4 Å². The number of carbonyl (C=O) groups is 3. The monoisotopic (exact) mass is 420 g/mol. The summed E-state index contributed by atoms with van der Waals surface area (Å²) in [7, 11) is 4.10. The molecule has 4 unspecified atom stereocenters. The van der Waals surface area contributed by atoms with E-state index in [4.69, 9.17) is 14.2 Å². The van der Waals surface area contributed by atoms with E-state index in [1.54, 1.807) is 0 Å². The number of esters is 3. The third-order valence-corrected chi connectivity index (χ3v) is 9.07. The zero-order valence-electron chi connectivity index (χ0n) is 18.2. The van der Waals surface area contributed by atoms with E-state index in [0.717, 1.165) is 5.57 Å². The lowest BCUT2D eigenvalue weighted by Crippen LogP contribution is -2.51. The predicted molar refractivity (Wildman–Crippen MR) is 106 cm³/mol. The van der Waals surface area contributed by atoms with Gasteiger partial charge in [-0.1, -0.05) is 6.58 Å². The average molecular weight is 421 g/mol. The van der Waals surface area contributed by atoms with Gasteiger partial charge in [-0.3, -0.25) is 14.4 Å². The van der Waals surface area contributed by atoms with Crippen molar-refractivity contribution in [3.8, 4) is 0 Å². The molecular formula is C23H32O7. The molecule has 0 aromatic rings. The summed E-state index contributed by atoms with van der Waals surface area (Å²) in [5.74, 6) is -2.68. The van der Waals surface area contributed by atoms with Crippen LogP contribution < -0.4 is 0 Å². The van der Waals surface area contributed by atoms with Gasteiger partial charge in [-0.2, -0.15) is 0 Å². The maximum atomic E-state index is 13.3. The third-order valence-electron chi connectivity index (χ3n) is 9.07. The van der Waals surface area contributed by atoms with E-state index in [2.05, 4.69) is 6.58 Å². The Labute approximate surface area is 177 Å². The van der Waals surface area contributed by atoms with Crippen LogP contribution in [0.3, 0.4) is 0 Å². The van der Waals surface area contributed by atoms with E-state index < -0.39 is 34.2 Å². The molecule has 0 aromatic carbocycles. The quantitative estimate of drug-likeness (QED) is 0.425. The molecule has 7 nitrogen and oxygen atoms in total. The van der Waals surface area contributed by atoms with Gasteiger partial charge in [0.15, 0.2) is 0 Å². The van der Waals surface area contributed by atoms with Crippen LogP contribution in [-0.2, 0) is 28.6 Å². The lowest BCUT2D eigenvalue weighted by atomic mass is 9.56. The molecule has 0 saturated heterocycles. The molecule has 0 aromatic heterocycles. The third kappa shape index (κ3) is 2.50. The van der Waals surface area contributed by atoms with Crippen molar-refractivity contribution in [2.45, 2.75) is 51.0 Å². The lowest BCUT2D eigenvalue weighted by Gasteiger charge is -2.46. The van der Waals surface area contributed by atoms with Crippen molar-refractivity contribution in [1.29, 1.82) is 0 Å². The molecule has 4 aliphatic rings. The Morgan fingerprint density at radius 3 is 2.30 bits per heavy atom. The van der Waals surface area contributed by atoms with Crippen molar-refractivity contribution in [2.24, 2.45) is 40.4 Å². The summed E-state index contributed by atoms with van der Waals surface area (Å²) in [4.78, 5) is 39.1. The van der Waals surface area contributed by atoms with Crippen molar-refractivity contribution >= 4 is 17.9 Å². The Bertz CT molecular complexity index is 805. The Hall–Kier alpha value is -1.89. The van der Waals surface area contributed by atoms with Crippen LogP contribution in [0.15, 0.2) is 12.2 Å². The SMILES string of the molecule is C=C1C[C@]23C[C@@]1(O)CCC2C1[C@H](C3C(=O)OC)C(C)(C(=O)OC)CC[C@@H]1C(=O)OC. The van der Waals surface area contributed by atoms with Gasteiger partial charge in [0.05, 0.1) is 44.2 Å². The van der Waals surface area contributed by atoms with Crippen molar-refractivity contribution < 1.29 is 33.7 Å². The fourth-order valence-corrected chi connectivity index (χ4v) is 7.90. The highest BCUT2D eigenvalue weighted by atomic mass is 16.5. The summed E-state index contributed by atoms with van der Waals surface area (Å²) in [6, 6.07) is 0. The van der Waals surface area contributed by atoms with Crippen LogP contribution in [-0.4, -0.2) is 49.9 Å². The van der Waals surface area contributed by atoms with Gasteiger partial charge < -0.3 is 19.3 Å². The van der Waals surface area contributed by atoms with Crippen molar-refractivity contribution in [3.05, 3.63) is 12.2 Å². The predicted octanol–water partition coefficient (Wildman–Crippen LogP) is 2.26. The fraction of sp³-hybridized carbons (Fsp3) is 0.783. The van der Waals surface area contributed by atoms with Gasteiger partial charge in [-0.15, -0.1) is 0 Å². The van der Waals surface area contributed by atoms with Crippen LogP contribution in [0.4, 0.5) is 0 Å². The second-order valence-corrected chi connectivity index (χ2v) is 10.0. The first-order valence-electron chi connectivity index (χ1n) is 10.7. The minimum absolute atomic E-state index is 0.000457. The summed E-state index contributed by atoms with van der Waals surface area (Å²) in [6.45, 7) is 5.98. The van der Waals surface area contributed by atoms with Gasteiger partial charge in [-0.05, 0) is 74.2 Å². The summed E-state index contributed by atoms with van der Waals surface area (Å²) in [5.41, 5.74) is -1.75. The van der Waals surface area contributed by atoms with Crippen molar-refractivity contribution in [1.82, 2.24) is 0 Å². The van der Waals surface area contributed by atoms with Crippen LogP contribution in [0.25, 0.3) is 0 Å². The first-order chi connectivity index (χ1) is 14.1. The summed E-state index contributed by atoms with van der Waals surface area (Å²) in [5, 5.41) is 11.2. The largest absolute Gasteiger partial charge is 0.469 e. The number of methoxy groups -OCH3 is 3. The Balaban J connectivity index is 1.93. The molecule has 2 bridgehead atoms. The zero-order chi connectivity index (χ0) is 22.1. The highest BCUT2D eigenvalue weighted by molar-refractivity contribution is 5.82. The molecule has 4 aliphatic carbocycles. The number of ether oxygens (including phenoxy) is 3. The van der Waals surface area contributed by atoms with Gasteiger partial charge >= 0.3 is 17.9 Å². The molecule has 1 N–H and O–H groups in total. The van der Waals surface area contributed by atoms with Crippen LogP contribution in [0.1, 0.15) is 45.4 Å². The van der Waals surface area contributed by atoms with E-state index in [1.807, 2.05) is 6.92 Å². The number of hydrogen-bond acceptors (Lipinski definition) is 7. The maximum absolute atomic E-state index is 13.3. The molecule has 4 rings (SSSR count). The molecule has 4 fully saturated rings. The molecule has 0 heterocycles. The molecule has 1 spiro atoms. The molecule has 8 atom stereocenters. The number of carbonyl (C=O) groups excluding carboxylic acids is 3. The molecule has 166 valence electrons. The first kappa shape index (κ1) is 21.3. The summed E-state index contributed by atoms with van der Waals surface area (Å²) in [6.07, 6.45) is 3.09. The van der Waals surface area contributed by atoms with Gasteiger partial charge in [-0.25, -0.2) is 0 Å². The summed E-state index contributed by atoms with van der Waals surface area (Å²) < 4.78 is 15.6. The molecule has 0 radical (unpaired) electrons. The minimum Gasteiger partial charge on any atom is -0.469 e. The van der Waals surface area contributed by atoms with Crippen LogP contribution >= 0.6 is 0 Å². The standard InChI is InChI=1S/C23H32O7/c1-12-10-22-11-23(12,27)9-7-14(22)15-13(18(24)28-3)6-8-21(2,20(26)30-5)16(15)17(22)19(25)29-4/h13-17,27H,1,6-11H2,2-5H3/t13-,14?,15?,16+,17?,21?,22-,23-/m0/s1. The van der Waals surface area contributed by atoms with Crippen molar-refractivity contribution in [3.63, 3.8) is 0 Å².